The van der Waals surface area contributed by atoms with Crippen LogP contribution in [0, 0.1) is 32.1 Å². The van der Waals surface area contributed by atoms with E-state index in [1.165, 1.54) is 11.1 Å². The van der Waals surface area contributed by atoms with E-state index in [-0.39, 0.29) is 6.04 Å². The molecule has 2 heteroatoms. The molecule has 0 heterocycles. The second-order valence-electron chi connectivity index (χ2n) is 4.94. The van der Waals surface area contributed by atoms with Crippen LogP contribution in [0.25, 0.3) is 0 Å². The number of rotatable bonds is 3. The minimum Gasteiger partial charge on any atom is -0.366 e. The number of nitrogens with one attached hydrogen (secondary N) is 1. The Labute approximate surface area is 114 Å². The molecule has 0 radical (unpaired) electrons. The number of aryl methyl sites for hydroxylation is 3. The van der Waals surface area contributed by atoms with E-state index in [0.717, 1.165) is 16.8 Å². The van der Waals surface area contributed by atoms with Crippen LogP contribution in [-0.2, 0) is 0 Å². The van der Waals surface area contributed by atoms with Gasteiger partial charge < -0.3 is 5.32 Å². The van der Waals surface area contributed by atoms with E-state index in [0.29, 0.717) is 0 Å². The average molecular weight is 250 g/mol. The van der Waals surface area contributed by atoms with Crippen LogP contribution in [0.5, 0.6) is 0 Å². The van der Waals surface area contributed by atoms with Gasteiger partial charge in [-0.25, -0.2) is 0 Å². The summed E-state index contributed by atoms with van der Waals surface area (Å²) in [7, 11) is 0. The van der Waals surface area contributed by atoms with E-state index in [4.69, 9.17) is 0 Å². The summed E-state index contributed by atoms with van der Waals surface area (Å²) in [6, 6.07) is 16.3. The van der Waals surface area contributed by atoms with Crippen LogP contribution in [-0.4, -0.2) is 0 Å². The Kier molecular flexibility index (Phi) is 3.87. The van der Waals surface area contributed by atoms with Gasteiger partial charge in [0.2, 0.25) is 0 Å². The van der Waals surface area contributed by atoms with Gasteiger partial charge in [0.15, 0.2) is 0 Å². The molecule has 2 aromatic rings. The van der Waals surface area contributed by atoms with E-state index in [2.05, 4.69) is 35.7 Å². The minimum atomic E-state index is -0.318. The van der Waals surface area contributed by atoms with Gasteiger partial charge in [-0.1, -0.05) is 35.9 Å². The molecular formula is C17H18N2. The lowest BCUT2D eigenvalue weighted by Crippen LogP contribution is -2.10. The van der Waals surface area contributed by atoms with Gasteiger partial charge >= 0.3 is 0 Å². The predicted molar refractivity (Wildman–Crippen MR) is 79.1 cm³/mol. The van der Waals surface area contributed by atoms with E-state index in [1.54, 1.807) is 0 Å². The maximum absolute atomic E-state index is 9.41. The second-order valence-corrected chi connectivity index (χ2v) is 4.94. The van der Waals surface area contributed by atoms with Gasteiger partial charge in [0, 0.05) is 5.69 Å². The molecule has 0 amide bonds. The molecule has 0 fully saturated rings. The van der Waals surface area contributed by atoms with E-state index >= 15 is 0 Å². The Morgan fingerprint density at radius 2 is 1.74 bits per heavy atom. The first-order valence-corrected chi connectivity index (χ1v) is 6.40. The van der Waals surface area contributed by atoms with E-state index < -0.39 is 0 Å². The third-order valence-electron chi connectivity index (χ3n) is 3.20. The predicted octanol–water partition coefficient (Wildman–Crippen LogP) is 4.29. The van der Waals surface area contributed by atoms with Crippen LogP contribution < -0.4 is 5.32 Å². The molecule has 1 unspecified atom stereocenters. The van der Waals surface area contributed by atoms with Gasteiger partial charge in [0.05, 0.1) is 6.07 Å². The summed E-state index contributed by atoms with van der Waals surface area (Å²) in [5.41, 5.74) is 5.52. The lowest BCUT2D eigenvalue weighted by atomic mass is 9.99. The fraction of sp³-hybridized carbons (Fsp3) is 0.235. The van der Waals surface area contributed by atoms with Gasteiger partial charge in [-0.05, 0) is 49.6 Å². The molecule has 2 aromatic carbocycles. The highest BCUT2D eigenvalue weighted by atomic mass is 14.9. The molecule has 19 heavy (non-hydrogen) atoms. The molecule has 0 saturated carbocycles. The maximum Gasteiger partial charge on any atom is 0.140 e. The van der Waals surface area contributed by atoms with Gasteiger partial charge in [-0.15, -0.1) is 0 Å². The number of hydrogen-bond donors (Lipinski definition) is 1. The fourth-order valence-electron chi connectivity index (χ4n) is 2.15. The molecule has 0 saturated heterocycles. The third kappa shape index (κ3) is 3.14. The van der Waals surface area contributed by atoms with Crippen molar-refractivity contribution in [1.82, 2.24) is 0 Å². The Morgan fingerprint density at radius 1 is 1.00 bits per heavy atom. The lowest BCUT2D eigenvalue weighted by molar-refractivity contribution is 0.977. The Morgan fingerprint density at radius 3 is 2.42 bits per heavy atom. The monoisotopic (exact) mass is 250 g/mol. The van der Waals surface area contributed by atoms with Crippen molar-refractivity contribution >= 4 is 5.69 Å². The first-order chi connectivity index (χ1) is 9.10. The van der Waals surface area contributed by atoms with Crippen molar-refractivity contribution in [2.45, 2.75) is 26.8 Å². The highest BCUT2D eigenvalue weighted by Crippen LogP contribution is 2.23. The number of anilines is 1. The van der Waals surface area contributed by atoms with Gasteiger partial charge in [0.25, 0.3) is 0 Å². The Bertz CT molecular complexity index is 623. The van der Waals surface area contributed by atoms with Crippen molar-refractivity contribution in [2.75, 3.05) is 5.32 Å². The molecule has 0 spiro atoms. The molecule has 96 valence electrons. The van der Waals surface area contributed by atoms with Crippen LogP contribution in [0.15, 0.2) is 42.5 Å². The van der Waals surface area contributed by atoms with Crippen molar-refractivity contribution in [3.05, 3.63) is 64.7 Å². The second kappa shape index (κ2) is 5.58. The van der Waals surface area contributed by atoms with Crippen molar-refractivity contribution < 1.29 is 0 Å². The number of nitrogens with zero attached hydrogens (tertiary/aromatic N) is 1. The Balaban J connectivity index is 2.31. The number of benzene rings is 2. The summed E-state index contributed by atoms with van der Waals surface area (Å²) in [6.07, 6.45) is 0. The maximum atomic E-state index is 9.41. The summed E-state index contributed by atoms with van der Waals surface area (Å²) < 4.78 is 0. The summed E-state index contributed by atoms with van der Waals surface area (Å²) in [6.45, 7) is 6.13. The zero-order valence-electron chi connectivity index (χ0n) is 11.6. The normalized spacial score (nSPS) is 11.7. The molecule has 0 aliphatic rings. The molecule has 2 nitrogen and oxygen atoms in total. The van der Waals surface area contributed by atoms with Crippen LogP contribution >= 0.6 is 0 Å². The third-order valence-corrected chi connectivity index (χ3v) is 3.20. The van der Waals surface area contributed by atoms with Gasteiger partial charge in [-0.2, -0.15) is 5.26 Å². The Hall–Kier alpha value is -2.27. The van der Waals surface area contributed by atoms with Crippen molar-refractivity contribution in [2.24, 2.45) is 0 Å². The molecule has 0 bridgehead atoms. The topological polar surface area (TPSA) is 35.8 Å². The molecule has 1 atom stereocenters. The van der Waals surface area contributed by atoms with Crippen LogP contribution in [0.3, 0.4) is 0 Å². The quantitative estimate of drug-likeness (QED) is 0.882. The number of hydrogen-bond acceptors (Lipinski definition) is 2. The smallest absolute Gasteiger partial charge is 0.140 e. The molecule has 0 aromatic heterocycles. The zero-order valence-corrected chi connectivity index (χ0v) is 11.6. The zero-order chi connectivity index (χ0) is 13.8. The van der Waals surface area contributed by atoms with Crippen molar-refractivity contribution in [3.8, 4) is 6.07 Å². The fourth-order valence-corrected chi connectivity index (χ4v) is 2.15. The van der Waals surface area contributed by atoms with Gasteiger partial charge in [0.1, 0.15) is 6.04 Å². The highest BCUT2D eigenvalue weighted by molar-refractivity contribution is 5.50. The minimum absolute atomic E-state index is 0.318. The van der Waals surface area contributed by atoms with E-state index in [1.807, 2.05) is 39.0 Å². The first kappa shape index (κ1) is 13.2. The summed E-state index contributed by atoms with van der Waals surface area (Å²) >= 11 is 0. The SMILES string of the molecule is Cc1cccc(NC(C#N)c2cc(C)ccc2C)c1. The standard InChI is InChI=1S/C17H18N2/c1-12-5-4-6-15(9-12)19-17(11-18)16-10-13(2)7-8-14(16)3/h4-10,17,19H,1-3H3. The molecule has 0 aliphatic carbocycles. The molecular weight excluding hydrogens is 232 g/mol. The largest absolute Gasteiger partial charge is 0.366 e. The molecule has 1 N–H and O–H groups in total. The average Bonchev–Trinajstić information content (AvgIpc) is 2.39. The van der Waals surface area contributed by atoms with Crippen molar-refractivity contribution in [3.63, 3.8) is 0 Å². The first-order valence-electron chi connectivity index (χ1n) is 6.40. The highest BCUT2D eigenvalue weighted by Gasteiger charge is 2.13. The molecule has 0 aliphatic heterocycles. The summed E-state index contributed by atoms with van der Waals surface area (Å²) in [5, 5.41) is 12.7. The summed E-state index contributed by atoms with van der Waals surface area (Å²) in [5.74, 6) is 0. The van der Waals surface area contributed by atoms with Crippen molar-refractivity contribution in [1.29, 1.82) is 5.26 Å². The van der Waals surface area contributed by atoms with E-state index in [9.17, 15) is 5.26 Å². The van der Waals surface area contributed by atoms with Crippen LogP contribution in [0.2, 0.25) is 0 Å². The molecule has 2 rings (SSSR count). The van der Waals surface area contributed by atoms with Crippen LogP contribution in [0.4, 0.5) is 5.69 Å². The van der Waals surface area contributed by atoms with Gasteiger partial charge in [-0.3, -0.25) is 0 Å². The number of nitriles is 1. The summed E-state index contributed by atoms with van der Waals surface area (Å²) in [4.78, 5) is 0. The van der Waals surface area contributed by atoms with Crippen LogP contribution in [0.1, 0.15) is 28.3 Å². The lowest BCUT2D eigenvalue weighted by Gasteiger charge is -2.16.